The molecule has 0 saturated carbocycles. The molecular formula is C20H19ClFNO5. The second-order valence-electron chi connectivity index (χ2n) is 7.06. The predicted molar refractivity (Wildman–Crippen MR) is 100 cm³/mol. The van der Waals surface area contributed by atoms with Gasteiger partial charge in [-0.1, -0.05) is 11.6 Å². The van der Waals surface area contributed by atoms with E-state index in [4.69, 9.17) is 21.4 Å². The fourth-order valence-corrected chi connectivity index (χ4v) is 3.26. The molecule has 28 heavy (non-hydrogen) atoms. The molecule has 0 aliphatic carbocycles. The smallest absolute Gasteiger partial charge is 0.251 e. The number of hydrogen-bond donors (Lipinski definition) is 3. The lowest BCUT2D eigenvalue weighted by molar-refractivity contribution is -0.0627. The second-order valence-corrected chi connectivity index (χ2v) is 7.47. The first kappa shape index (κ1) is 20.3. The van der Waals surface area contributed by atoms with E-state index in [1.165, 1.54) is 24.3 Å². The summed E-state index contributed by atoms with van der Waals surface area (Å²) in [5, 5.41) is 22.4. The molecule has 2 aromatic carbocycles. The summed E-state index contributed by atoms with van der Waals surface area (Å²) in [6.45, 7) is 2.67. The van der Waals surface area contributed by atoms with Gasteiger partial charge in [0.2, 0.25) is 0 Å². The topological polar surface area (TPSA) is 95.9 Å². The highest BCUT2D eigenvalue weighted by Crippen LogP contribution is 2.40. The quantitative estimate of drug-likeness (QED) is 0.677. The first-order chi connectivity index (χ1) is 13.1. The number of fused-ring (bicyclic) bond motifs is 1. The molecule has 3 rings (SSSR count). The van der Waals surface area contributed by atoms with Crippen LogP contribution in [0.1, 0.15) is 46.2 Å². The summed E-state index contributed by atoms with van der Waals surface area (Å²) in [5.74, 6) is -1.33. The Morgan fingerprint density at radius 2 is 1.89 bits per heavy atom. The summed E-state index contributed by atoms with van der Waals surface area (Å²) in [6, 6.07) is 7.17. The van der Waals surface area contributed by atoms with Crippen molar-refractivity contribution in [3.05, 3.63) is 63.9 Å². The van der Waals surface area contributed by atoms with Crippen LogP contribution in [0.15, 0.2) is 36.4 Å². The minimum atomic E-state index is -1.14. The first-order valence-electron chi connectivity index (χ1n) is 8.55. The number of benzene rings is 2. The molecule has 6 nitrogen and oxygen atoms in total. The minimum Gasteiger partial charge on any atom is -0.485 e. The summed E-state index contributed by atoms with van der Waals surface area (Å²) >= 11 is 5.74. The zero-order valence-corrected chi connectivity index (χ0v) is 16.0. The molecule has 0 spiro atoms. The molecule has 3 N–H and O–H groups in total. The van der Waals surface area contributed by atoms with Crippen molar-refractivity contribution in [1.29, 1.82) is 0 Å². The van der Waals surface area contributed by atoms with Crippen LogP contribution < -0.4 is 10.1 Å². The van der Waals surface area contributed by atoms with Gasteiger partial charge in [-0.05, 0) is 50.2 Å². The third-order valence-electron chi connectivity index (χ3n) is 4.68. The number of amides is 1. The van der Waals surface area contributed by atoms with Crippen LogP contribution in [0.25, 0.3) is 0 Å². The zero-order chi connectivity index (χ0) is 20.6. The van der Waals surface area contributed by atoms with Crippen LogP contribution >= 0.6 is 11.6 Å². The molecule has 148 valence electrons. The van der Waals surface area contributed by atoms with Crippen LogP contribution in [-0.4, -0.2) is 40.2 Å². The van der Waals surface area contributed by atoms with Gasteiger partial charge >= 0.3 is 0 Å². The Hall–Kier alpha value is -2.48. The number of ketones is 1. The van der Waals surface area contributed by atoms with Crippen molar-refractivity contribution in [3.63, 3.8) is 0 Å². The van der Waals surface area contributed by atoms with Crippen molar-refractivity contribution in [3.8, 4) is 5.75 Å². The van der Waals surface area contributed by atoms with E-state index >= 15 is 0 Å². The van der Waals surface area contributed by atoms with Gasteiger partial charge in [0.1, 0.15) is 29.9 Å². The van der Waals surface area contributed by atoms with E-state index in [1.54, 1.807) is 19.9 Å². The van der Waals surface area contributed by atoms with Gasteiger partial charge in [0.15, 0.2) is 5.78 Å². The highest BCUT2D eigenvalue weighted by molar-refractivity contribution is 6.31. The largest absolute Gasteiger partial charge is 0.485 e. The van der Waals surface area contributed by atoms with Gasteiger partial charge in [0.25, 0.3) is 5.91 Å². The average molecular weight is 408 g/mol. The van der Waals surface area contributed by atoms with Crippen LogP contribution in [0.5, 0.6) is 5.75 Å². The molecule has 0 aromatic heterocycles. The van der Waals surface area contributed by atoms with Gasteiger partial charge in [-0.2, -0.15) is 0 Å². The fraction of sp³-hybridized carbons (Fsp3) is 0.300. The van der Waals surface area contributed by atoms with Crippen LogP contribution in [-0.2, 0) is 0 Å². The minimum absolute atomic E-state index is 0.118. The standard InChI is InChI=1S/C20H19ClFNO5/c1-20(2)18(26)17(23-19(27)11-3-5-14(22)13(21)8-11)12-7-10(15(25)9-24)4-6-16(12)28-20/h3-8,17-18,24,26H,9H2,1-2H3,(H,23,27). The number of rotatable bonds is 4. The molecule has 1 heterocycles. The average Bonchev–Trinajstić information content (AvgIpc) is 2.66. The molecule has 0 saturated heterocycles. The molecule has 0 bridgehead atoms. The number of aliphatic hydroxyl groups is 2. The normalized spacial score (nSPS) is 20.1. The van der Waals surface area contributed by atoms with E-state index in [0.29, 0.717) is 11.3 Å². The molecule has 8 heteroatoms. The molecule has 2 aromatic rings. The maximum Gasteiger partial charge on any atom is 0.251 e. The molecule has 2 unspecified atom stereocenters. The molecule has 2 atom stereocenters. The Morgan fingerprint density at radius 1 is 1.21 bits per heavy atom. The number of ether oxygens (including phenoxy) is 1. The molecule has 0 fully saturated rings. The number of carbonyl (C=O) groups is 2. The van der Waals surface area contributed by atoms with Gasteiger partial charge in [0, 0.05) is 16.7 Å². The van der Waals surface area contributed by atoms with E-state index < -0.39 is 41.9 Å². The van der Waals surface area contributed by atoms with Crippen molar-refractivity contribution in [2.24, 2.45) is 0 Å². The summed E-state index contributed by atoms with van der Waals surface area (Å²) in [7, 11) is 0. The number of hydrogen-bond acceptors (Lipinski definition) is 5. The lowest BCUT2D eigenvalue weighted by Gasteiger charge is -2.42. The van der Waals surface area contributed by atoms with E-state index in [0.717, 1.165) is 6.07 Å². The van der Waals surface area contributed by atoms with Gasteiger partial charge in [0.05, 0.1) is 11.1 Å². The van der Waals surface area contributed by atoms with E-state index in [1.807, 2.05) is 0 Å². The zero-order valence-electron chi connectivity index (χ0n) is 15.2. The van der Waals surface area contributed by atoms with Gasteiger partial charge in [-0.15, -0.1) is 0 Å². The second kappa shape index (κ2) is 7.50. The van der Waals surface area contributed by atoms with Crippen LogP contribution in [0.4, 0.5) is 4.39 Å². The Balaban J connectivity index is 1.99. The van der Waals surface area contributed by atoms with E-state index in [9.17, 15) is 19.1 Å². The van der Waals surface area contributed by atoms with Crippen LogP contribution in [0.2, 0.25) is 5.02 Å². The monoisotopic (exact) mass is 407 g/mol. The van der Waals surface area contributed by atoms with E-state index in [-0.39, 0.29) is 16.1 Å². The maximum absolute atomic E-state index is 13.4. The molecule has 0 radical (unpaired) electrons. The molecule has 1 aliphatic heterocycles. The number of Topliss-reactive ketones (excluding diaryl/α,β-unsaturated/α-hetero) is 1. The molecular weight excluding hydrogens is 389 g/mol. The lowest BCUT2D eigenvalue weighted by atomic mass is 9.85. The molecule has 1 aliphatic rings. The Morgan fingerprint density at radius 3 is 2.54 bits per heavy atom. The predicted octanol–water partition coefficient (Wildman–Crippen LogP) is 2.66. The number of aliphatic hydroxyl groups excluding tert-OH is 2. The van der Waals surface area contributed by atoms with Crippen molar-refractivity contribution in [2.45, 2.75) is 31.6 Å². The summed E-state index contributed by atoms with van der Waals surface area (Å²) < 4.78 is 19.2. The third kappa shape index (κ3) is 3.73. The summed E-state index contributed by atoms with van der Waals surface area (Å²) in [4.78, 5) is 24.5. The van der Waals surface area contributed by atoms with Crippen molar-refractivity contribution in [2.75, 3.05) is 6.61 Å². The third-order valence-corrected chi connectivity index (χ3v) is 4.97. The van der Waals surface area contributed by atoms with Crippen molar-refractivity contribution >= 4 is 23.3 Å². The molecule has 1 amide bonds. The number of halogens is 2. The summed E-state index contributed by atoms with van der Waals surface area (Å²) in [6.07, 6.45) is -1.14. The SMILES string of the molecule is CC1(C)Oc2ccc(C(=O)CO)cc2C(NC(=O)c2ccc(F)c(Cl)c2)C1O. The van der Waals surface area contributed by atoms with E-state index in [2.05, 4.69) is 5.32 Å². The Kier molecular flexibility index (Phi) is 5.43. The highest BCUT2D eigenvalue weighted by atomic mass is 35.5. The van der Waals surface area contributed by atoms with Crippen LogP contribution in [0.3, 0.4) is 0 Å². The van der Waals surface area contributed by atoms with Crippen molar-refractivity contribution < 1.29 is 28.9 Å². The number of nitrogens with one attached hydrogen (secondary N) is 1. The van der Waals surface area contributed by atoms with Crippen LogP contribution in [0, 0.1) is 5.82 Å². The Bertz CT molecular complexity index is 946. The Labute approximate surface area is 165 Å². The van der Waals surface area contributed by atoms with Crippen molar-refractivity contribution in [1.82, 2.24) is 5.32 Å². The van der Waals surface area contributed by atoms with Gasteiger partial charge in [-0.3, -0.25) is 9.59 Å². The lowest BCUT2D eigenvalue weighted by Crippen LogP contribution is -2.53. The number of carbonyl (C=O) groups excluding carboxylic acids is 2. The fourth-order valence-electron chi connectivity index (χ4n) is 3.08. The highest BCUT2D eigenvalue weighted by Gasteiger charge is 2.43. The van der Waals surface area contributed by atoms with Gasteiger partial charge in [-0.25, -0.2) is 4.39 Å². The first-order valence-corrected chi connectivity index (χ1v) is 8.93. The maximum atomic E-state index is 13.4. The van der Waals surface area contributed by atoms with Gasteiger partial charge < -0.3 is 20.3 Å². The summed E-state index contributed by atoms with van der Waals surface area (Å²) in [5.41, 5.74) is -0.283.